The number of nitrogens with one attached hydrogen (secondary N) is 2. The summed E-state index contributed by atoms with van der Waals surface area (Å²) in [6.45, 7) is 0.519. The highest BCUT2D eigenvalue weighted by molar-refractivity contribution is 5.98. The van der Waals surface area contributed by atoms with E-state index in [4.69, 9.17) is 0 Å². The smallest absolute Gasteiger partial charge is 0.270 e. The quantitative estimate of drug-likeness (QED) is 0.704. The second-order valence-corrected chi connectivity index (χ2v) is 5.74. The maximum atomic E-state index is 12.9. The van der Waals surface area contributed by atoms with Gasteiger partial charge in [0.05, 0.1) is 12.2 Å². The standard InChI is InChI=1S/C20H17FN4O2/c21-16-6-4-14(5-7-16)12-24-20(27)18-11-15(8-10-23-18)19(26)25-13-17-3-1-2-9-22-17/h1-11H,12-13H2,(H,24,27)(H,25,26). The highest BCUT2D eigenvalue weighted by Gasteiger charge is 2.12. The molecule has 0 spiro atoms. The molecular weight excluding hydrogens is 347 g/mol. The van der Waals surface area contributed by atoms with Gasteiger partial charge in [-0.2, -0.15) is 0 Å². The molecule has 0 atom stereocenters. The van der Waals surface area contributed by atoms with Gasteiger partial charge in [0.1, 0.15) is 11.5 Å². The monoisotopic (exact) mass is 364 g/mol. The van der Waals surface area contributed by atoms with Crippen LogP contribution in [0, 0.1) is 5.82 Å². The van der Waals surface area contributed by atoms with Gasteiger partial charge in [0.2, 0.25) is 0 Å². The highest BCUT2D eigenvalue weighted by Crippen LogP contribution is 2.05. The first-order valence-corrected chi connectivity index (χ1v) is 8.28. The van der Waals surface area contributed by atoms with Gasteiger partial charge in [-0.05, 0) is 42.0 Å². The van der Waals surface area contributed by atoms with Gasteiger partial charge in [-0.1, -0.05) is 18.2 Å². The van der Waals surface area contributed by atoms with Crippen molar-refractivity contribution in [3.63, 3.8) is 0 Å². The normalized spacial score (nSPS) is 10.3. The van der Waals surface area contributed by atoms with E-state index >= 15 is 0 Å². The Morgan fingerprint density at radius 2 is 1.63 bits per heavy atom. The molecule has 0 aliphatic heterocycles. The van der Waals surface area contributed by atoms with Gasteiger partial charge in [-0.3, -0.25) is 19.6 Å². The molecule has 2 heterocycles. The summed E-state index contributed by atoms with van der Waals surface area (Å²) < 4.78 is 12.9. The molecule has 2 aromatic heterocycles. The molecule has 0 bridgehead atoms. The van der Waals surface area contributed by atoms with E-state index in [1.54, 1.807) is 30.5 Å². The second-order valence-electron chi connectivity index (χ2n) is 5.74. The third-order valence-corrected chi connectivity index (χ3v) is 3.78. The summed E-state index contributed by atoms with van der Waals surface area (Å²) in [7, 11) is 0. The predicted octanol–water partition coefficient (Wildman–Crippen LogP) is 2.48. The molecule has 1 aromatic carbocycles. The van der Waals surface area contributed by atoms with E-state index in [0.717, 1.165) is 11.3 Å². The van der Waals surface area contributed by atoms with Crippen LogP contribution >= 0.6 is 0 Å². The third-order valence-electron chi connectivity index (χ3n) is 3.78. The number of aromatic nitrogens is 2. The number of amides is 2. The van der Waals surface area contributed by atoms with Crippen LogP contribution in [-0.2, 0) is 13.1 Å². The van der Waals surface area contributed by atoms with Crippen LogP contribution in [0.5, 0.6) is 0 Å². The number of nitrogens with zero attached hydrogens (tertiary/aromatic N) is 2. The van der Waals surface area contributed by atoms with E-state index in [2.05, 4.69) is 20.6 Å². The van der Waals surface area contributed by atoms with E-state index in [-0.39, 0.29) is 30.5 Å². The van der Waals surface area contributed by atoms with Gasteiger partial charge < -0.3 is 10.6 Å². The van der Waals surface area contributed by atoms with Crippen LogP contribution in [-0.4, -0.2) is 21.8 Å². The molecule has 0 saturated carbocycles. The van der Waals surface area contributed by atoms with Crippen molar-refractivity contribution in [2.45, 2.75) is 13.1 Å². The van der Waals surface area contributed by atoms with Crippen molar-refractivity contribution in [2.24, 2.45) is 0 Å². The van der Waals surface area contributed by atoms with Crippen LogP contribution in [0.3, 0.4) is 0 Å². The van der Waals surface area contributed by atoms with Crippen molar-refractivity contribution in [1.29, 1.82) is 0 Å². The molecule has 0 aliphatic carbocycles. The summed E-state index contributed by atoms with van der Waals surface area (Å²) in [4.78, 5) is 32.7. The van der Waals surface area contributed by atoms with Gasteiger partial charge in [0.25, 0.3) is 11.8 Å². The minimum absolute atomic E-state index is 0.127. The predicted molar refractivity (Wildman–Crippen MR) is 97.2 cm³/mol. The zero-order valence-corrected chi connectivity index (χ0v) is 14.4. The molecule has 6 nitrogen and oxygen atoms in total. The summed E-state index contributed by atoms with van der Waals surface area (Å²) in [5.41, 5.74) is 1.95. The van der Waals surface area contributed by atoms with Gasteiger partial charge >= 0.3 is 0 Å². The average molecular weight is 364 g/mol. The Morgan fingerprint density at radius 1 is 0.852 bits per heavy atom. The average Bonchev–Trinajstić information content (AvgIpc) is 2.72. The Labute approximate surface area is 155 Å². The van der Waals surface area contributed by atoms with Crippen LogP contribution in [0.4, 0.5) is 4.39 Å². The minimum atomic E-state index is -0.418. The number of halogens is 1. The Morgan fingerprint density at radius 3 is 2.37 bits per heavy atom. The SMILES string of the molecule is O=C(NCc1ccccn1)c1ccnc(C(=O)NCc2ccc(F)cc2)c1. The molecule has 0 radical (unpaired) electrons. The van der Waals surface area contributed by atoms with Crippen molar-refractivity contribution < 1.29 is 14.0 Å². The fraction of sp³-hybridized carbons (Fsp3) is 0.100. The van der Waals surface area contributed by atoms with Crippen molar-refractivity contribution in [2.75, 3.05) is 0 Å². The molecule has 136 valence electrons. The summed E-state index contributed by atoms with van der Waals surface area (Å²) >= 11 is 0. The van der Waals surface area contributed by atoms with Crippen LogP contribution < -0.4 is 10.6 Å². The number of benzene rings is 1. The maximum absolute atomic E-state index is 12.9. The molecule has 7 heteroatoms. The lowest BCUT2D eigenvalue weighted by Gasteiger charge is -2.07. The fourth-order valence-electron chi connectivity index (χ4n) is 2.35. The molecule has 2 amide bonds. The molecule has 2 N–H and O–H groups in total. The fourth-order valence-corrected chi connectivity index (χ4v) is 2.35. The molecule has 0 fully saturated rings. The molecular formula is C20H17FN4O2. The van der Waals surface area contributed by atoms with Gasteiger partial charge in [0, 0.05) is 24.5 Å². The molecule has 27 heavy (non-hydrogen) atoms. The number of carbonyl (C=O) groups excluding carboxylic acids is 2. The van der Waals surface area contributed by atoms with Crippen molar-refractivity contribution in [3.8, 4) is 0 Å². The Balaban J connectivity index is 1.59. The molecule has 3 aromatic rings. The number of carbonyl (C=O) groups is 2. The summed E-state index contributed by atoms with van der Waals surface area (Å²) in [6.07, 6.45) is 3.06. The number of rotatable bonds is 6. The largest absolute Gasteiger partial charge is 0.347 e. The lowest BCUT2D eigenvalue weighted by atomic mass is 10.2. The lowest BCUT2D eigenvalue weighted by molar-refractivity contribution is 0.0946. The lowest BCUT2D eigenvalue weighted by Crippen LogP contribution is -2.26. The second kappa shape index (κ2) is 8.66. The minimum Gasteiger partial charge on any atom is -0.347 e. The van der Waals surface area contributed by atoms with E-state index in [1.165, 1.54) is 30.5 Å². The van der Waals surface area contributed by atoms with Crippen LogP contribution in [0.15, 0.2) is 67.0 Å². The zero-order valence-electron chi connectivity index (χ0n) is 14.4. The first-order chi connectivity index (χ1) is 13.1. The summed E-state index contributed by atoms with van der Waals surface area (Å²) in [6, 6.07) is 14.2. The molecule has 0 unspecified atom stereocenters. The summed E-state index contributed by atoms with van der Waals surface area (Å²) in [5, 5.41) is 5.44. The Bertz CT molecular complexity index is 930. The van der Waals surface area contributed by atoms with Crippen molar-refractivity contribution in [3.05, 3.63) is 95.3 Å². The first-order valence-electron chi connectivity index (χ1n) is 8.28. The highest BCUT2D eigenvalue weighted by atomic mass is 19.1. The first kappa shape index (κ1) is 18.2. The van der Waals surface area contributed by atoms with E-state index in [9.17, 15) is 14.0 Å². The maximum Gasteiger partial charge on any atom is 0.270 e. The van der Waals surface area contributed by atoms with E-state index < -0.39 is 5.91 Å². The topological polar surface area (TPSA) is 84.0 Å². The number of hydrogen-bond acceptors (Lipinski definition) is 4. The summed E-state index contributed by atoms with van der Waals surface area (Å²) in [5.74, 6) is -1.08. The van der Waals surface area contributed by atoms with Gasteiger partial charge in [0.15, 0.2) is 0 Å². The number of pyridine rings is 2. The molecule has 3 rings (SSSR count). The van der Waals surface area contributed by atoms with Gasteiger partial charge in [-0.15, -0.1) is 0 Å². The Kier molecular flexibility index (Phi) is 5.84. The van der Waals surface area contributed by atoms with E-state index in [0.29, 0.717) is 5.56 Å². The molecule has 0 aliphatic rings. The van der Waals surface area contributed by atoms with Crippen LogP contribution in [0.1, 0.15) is 32.1 Å². The van der Waals surface area contributed by atoms with E-state index in [1.807, 2.05) is 6.07 Å². The van der Waals surface area contributed by atoms with Crippen molar-refractivity contribution >= 4 is 11.8 Å². The number of hydrogen-bond donors (Lipinski definition) is 2. The van der Waals surface area contributed by atoms with Gasteiger partial charge in [-0.25, -0.2) is 4.39 Å². The zero-order chi connectivity index (χ0) is 19.1. The molecule has 0 saturated heterocycles. The van der Waals surface area contributed by atoms with Crippen molar-refractivity contribution in [1.82, 2.24) is 20.6 Å². The third kappa shape index (κ3) is 5.18. The van der Waals surface area contributed by atoms with Crippen LogP contribution in [0.25, 0.3) is 0 Å². The van der Waals surface area contributed by atoms with Crippen LogP contribution in [0.2, 0.25) is 0 Å². The Hall–Kier alpha value is -3.61.